The zero-order valence-electron chi connectivity index (χ0n) is 10.1. The maximum atomic E-state index is 13.5. The van der Waals surface area contributed by atoms with Crippen LogP contribution in [0.3, 0.4) is 0 Å². The SMILES string of the molecule is CCCNC(=O)CC(C(=O)O)c1ccccc1F. The molecule has 1 aromatic carbocycles. The van der Waals surface area contributed by atoms with Crippen molar-refractivity contribution in [2.24, 2.45) is 0 Å². The van der Waals surface area contributed by atoms with E-state index >= 15 is 0 Å². The van der Waals surface area contributed by atoms with Crippen molar-refractivity contribution in [3.8, 4) is 0 Å². The molecule has 1 unspecified atom stereocenters. The number of benzene rings is 1. The maximum Gasteiger partial charge on any atom is 0.311 e. The molecule has 5 heteroatoms. The van der Waals surface area contributed by atoms with E-state index in [0.717, 1.165) is 6.42 Å². The Kier molecular flexibility index (Phi) is 5.30. The molecule has 0 saturated carbocycles. The third kappa shape index (κ3) is 3.84. The van der Waals surface area contributed by atoms with E-state index in [1.807, 2.05) is 6.92 Å². The molecule has 0 fully saturated rings. The Balaban J connectivity index is 2.81. The van der Waals surface area contributed by atoms with Crippen LogP contribution in [-0.2, 0) is 9.59 Å². The normalized spacial score (nSPS) is 11.9. The molecule has 0 aliphatic heterocycles. The fraction of sp³-hybridized carbons (Fsp3) is 0.385. The number of carboxylic acids is 1. The molecular formula is C13H16FNO3. The van der Waals surface area contributed by atoms with Crippen molar-refractivity contribution in [3.05, 3.63) is 35.6 Å². The first kappa shape index (κ1) is 14.2. The van der Waals surface area contributed by atoms with Gasteiger partial charge in [-0.2, -0.15) is 0 Å². The summed E-state index contributed by atoms with van der Waals surface area (Å²) in [7, 11) is 0. The molecule has 1 amide bonds. The van der Waals surface area contributed by atoms with Crippen LogP contribution in [0, 0.1) is 5.82 Å². The van der Waals surface area contributed by atoms with Gasteiger partial charge in [-0.25, -0.2) is 4.39 Å². The smallest absolute Gasteiger partial charge is 0.311 e. The van der Waals surface area contributed by atoms with Gasteiger partial charge in [0.05, 0.1) is 5.92 Å². The van der Waals surface area contributed by atoms with Gasteiger partial charge in [-0.1, -0.05) is 25.1 Å². The largest absolute Gasteiger partial charge is 0.481 e. The van der Waals surface area contributed by atoms with Gasteiger partial charge in [0.25, 0.3) is 0 Å². The molecule has 0 bridgehead atoms. The molecule has 1 aromatic rings. The van der Waals surface area contributed by atoms with Crippen LogP contribution in [0.4, 0.5) is 4.39 Å². The first-order valence-corrected chi connectivity index (χ1v) is 5.80. The van der Waals surface area contributed by atoms with Crippen LogP contribution in [0.25, 0.3) is 0 Å². The van der Waals surface area contributed by atoms with Crippen LogP contribution in [0.2, 0.25) is 0 Å². The maximum absolute atomic E-state index is 13.5. The number of amides is 1. The van der Waals surface area contributed by atoms with Crippen LogP contribution in [0.1, 0.15) is 31.2 Å². The summed E-state index contributed by atoms with van der Waals surface area (Å²) in [4.78, 5) is 22.6. The fourth-order valence-corrected chi connectivity index (χ4v) is 1.61. The Bertz CT molecular complexity index is 434. The summed E-state index contributed by atoms with van der Waals surface area (Å²) in [6, 6.07) is 5.61. The van der Waals surface area contributed by atoms with E-state index in [9.17, 15) is 14.0 Å². The number of nitrogens with one attached hydrogen (secondary N) is 1. The number of hydrogen-bond acceptors (Lipinski definition) is 2. The Labute approximate surface area is 105 Å². The van der Waals surface area contributed by atoms with Crippen LogP contribution < -0.4 is 5.32 Å². The van der Waals surface area contributed by atoms with Gasteiger partial charge in [0.1, 0.15) is 5.82 Å². The predicted molar refractivity (Wildman–Crippen MR) is 64.7 cm³/mol. The van der Waals surface area contributed by atoms with Gasteiger partial charge in [0.2, 0.25) is 5.91 Å². The van der Waals surface area contributed by atoms with Crippen LogP contribution in [0.15, 0.2) is 24.3 Å². The summed E-state index contributed by atoms with van der Waals surface area (Å²) in [5, 5.41) is 11.7. The minimum atomic E-state index is -1.20. The van der Waals surface area contributed by atoms with Crippen LogP contribution in [-0.4, -0.2) is 23.5 Å². The average Bonchev–Trinajstić information content (AvgIpc) is 2.34. The molecule has 0 spiro atoms. The first-order chi connectivity index (χ1) is 8.56. The number of carbonyl (C=O) groups is 2. The van der Waals surface area contributed by atoms with Crippen molar-refractivity contribution in [3.63, 3.8) is 0 Å². The number of carbonyl (C=O) groups excluding carboxylic acids is 1. The molecule has 0 aliphatic rings. The highest BCUT2D eigenvalue weighted by Crippen LogP contribution is 2.22. The van der Waals surface area contributed by atoms with Gasteiger partial charge >= 0.3 is 5.97 Å². The van der Waals surface area contributed by atoms with E-state index in [4.69, 9.17) is 5.11 Å². The monoisotopic (exact) mass is 253 g/mol. The van der Waals surface area contributed by atoms with E-state index < -0.39 is 17.7 Å². The van der Waals surface area contributed by atoms with E-state index in [-0.39, 0.29) is 17.9 Å². The summed E-state index contributed by atoms with van der Waals surface area (Å²) in [6.07, 6.45) is 0.513. The van der Waals surface area contributed by atoms with Gasteiger partial charge < -0.3 is 10.4 Å². The van der Waals surface area contributed by atoms with Crippen molar-refractivity contribution in [1.29, 1.82) is 0 Å². The fourth-order valence-electron chi connectivity index (χ4n) is 1.61. The standard InChI is InChI=1S/C13H16FNO3/c1-2-7-15-12(16)8-10(13(17)18)9-5-3-4-6-11(9)14/h3-6,10H,2,7-8H2,1H3,(H,15,16)(H,17,18). The molecule has 0 aliphatic carbocycles. The minimum absolute atomic E-state index is 0.0386. The molecule has 0 aromatic heterocycles. The van der Waals surface area contributed by atoms with E-state index in [0.29, 0.717) is 6.54 Å². The highest BCUT2D eigenvalue weighted by atomic mass is 19.1. The van der Waals surface area contributed by atoms with Gasteiger partial charge in [-0.15, -0.1) is 0 Å². The second-order valence-electron chi connectivity index (χ2n) is 3.97. The zero-order chi connectivity index (χ0) is 13.5. The van der Waals surface area contributed by atoms with Crippen LogP contribution in [0.5, 0.6) is 0 Å². The lowest BCUT2D eigenvalue weighted by Crippen LogP contribution is -2.28. The molecule has 4 nitrogen and oxygen atoms in total. The van der Waals surface area contributed by atoms with Crippen molar-refractivity contribution in [1.82, 2.24) is 5.32 Å². The molecule has 1 rings (SSSR count). The third-order valence-electron chi connectivity index (χ3n) is 2.54. The molecular weight excluding hydrogens is 237 g/mol. The quantitative estimate of drug-likeness (QED) is 0.813. The lowest BCUT2D eigenvalue weighted by molar-refractivity contribution is -0.140. The van der Waals surface area contributed by atoms with Crippen LogP contribution >= 0.6 is 0 Å². The van der Waals surface area contributed by atoms with Gasteiger partial charge in [-0.05, 0) is 12.5 Å². The predicted octanol–water partition coefficient (Wildman–Crippen LogP) is 1.91. The van der Waals surface area contributed by atoms with E-state index in [2.05, 4.69) is 5.32 Å². The number of rotatable bonds is 6. The van der Waals surface area contributed by atoms with Crippen molar-refractivity contribution in [2.45, 2.75) is 25.7 Å². The number of aliphatic carboxylic acids is 1. The second kappa shape index (κ2) is 6.74. The summed E-state index contributed by atoms with van der Waals surface area (Å²) in [6.45, 7) is 2.38. The molecule has 1 atom stereocenters. The molecule has 98 valence electrons. The number of halogens is 1. The van der Waals surface area contributed by atoms with Crippen molar-refractivity contribution in [2.75, 3.05) is 6.54 Å². The lowest BCUT2D eigenvalue weighted by Gasteiger charge is -2.13. The van der Waals surface area contributed by atoms with Gasteiger partial charge in [-0.3, -0.25) is 9.59 Å². The highest BCUT2D eigenvalue weighted by molar-refractivity contribution is 5.85. The van der Waals surface area contributed by atoms with Crippen molar-refractivity contribution < 1.29 is 19.1 Å². The zero-order valence-corrected chi connectivity index (χ0v) is 10.1. The minimum Gasteiger partial charge on any atom is -0.481 e. The Morgan fingerprint density at radius 2 is 2.06 bits per heavy atom. The molecule has 2 N–H and O–H groups in total. The van der Waals surface area contributed by atoms with Gasteiger partial charge in [0, 0.05) is 18.5 Å². The summed E-state index contributed by atoms with van der Waals surface area (Å²) in [5.74, 6) is -3.34. The first-order valence-electron chi connectivity index (χ1n) is 5.80. The van der Waals surface area contributed by atoms with E-state index in [1.165, 1.54) is 18.2 Å². The molecule has 0 heterocycles. The summed E-state index contributed by atoms with van der Waals surface area (Å²) < 4.78 is 13.5. The average molecular weight is 253 g/mol. The highest BCUT2D eigenvalue weighted by Gasteiger charge is 2.25. The lowest BCUT2D eigenvalue weighted by atomic mass is 9.95. The summed E-state index contributed by atoms with van der Waals surface area (Å²) >= 11 is 0. The Morgan fingerprint density at radius 3 is 2.61 bits per heavy atom. The Morgan fingerprint density at radius 1 is 1.39 bits per heavy atom. The second-order valence-corrected chi connectivity index (χ2v) is 3.97. The van der Waals surface area contributed by atoms with E-state index in [1.54, 1.807) is 6.07 Å². The molecule has 18 heavy (non-hydrogen) atoms. The van der Waals surface area contributed by atoms with Crippen molar-refractivity contribution >= 4 is 11.9 Å². The summed E-state index contributed by atoms with van der Waals surface area (Å²) in [5.41, 5.74) is 0.0386. The molecule has 0 radical (unpaired) electrons. The molecule has 0 saturated heterocycles. The van der Waals surface area contributed by atoms with Gasteiger partial charge in [0.15, 0.2) is 0 Å². The number of hydrogen-bond donors (Lipinski definition) is 2. The topological polar surface area (TPSA) is 66.4 Å². The number of carboxylic acid groups (broad SMARTS) is 1. The Hall–Kier alpha value is -1.91. The third-order valence-corrected chi connectivity index (χ3v) is 2.54.